The standard InChI is InChI=1S/C12H14FN5O/c1-2-3-10(11(14)19)7-4-8(6-9(13)5-7)12-15-17-18-16-12/h4-6,10H,2-3H2,1H3,(H2,14,19)(H,15,16,17,18). The van der Waals surface area contributed by atoms with Crippen molar-refractivity contribution in [2.75, 3.05) is 0 Å². The normalized spacial score (nSPS) is 12.3. The van der Waals surface area contributed by atoms with Crippen LogP contribution in [0.3, 0.4) is 0 Å². The smallest absolute Gasteiger partial charge is 0.224 e. The number of nitrogens with one attached hydrogen (secondary N) is 1. The van der Waals surface area contributed by atoms with E-state index in [-0.39, 0.29) is 0 Å². The second-order valence-electron chi connectivity index (χ2n) is 4.27. The van der Waals surface area contributed by atoms with Crippen molar-refractivity contribution in [3.05, 3.63) is 29.6 Å². The Kier molecular flexibility index (Phi) is 3.84. The van der Waals surface area contributed by atoms with Crippen molar-refractivity contribution in [3.63, 3.8) is 0 Å². The molecule has 0 saturated carbocycles. The Morgan fingerprint density at radius 3 is 2.84 bits per heavy atom. The average molecular weight is 263 g/mol. The van der Waals surface area contributed by atoms with Gasteiger partial charge in [0.1, 0.15) is 5.82 Å². The molecule has 0 aliphatic rings. The Hall–Kier alpha value is -2.31. The van der Waals surface area contributed by atoms with Crippen LogP contribution in [0.5, 0.6) is 0 Å². The molecule has 1 unspecified atom stereocenters. The maximum absolute atomic E-state index is 13.6. The van der Waals surface area contributed by atoms with Crippen molar-refractivity contribution in [1.82, 2.24) is 20.6 Å². The summed E-state index contributed by atoms with van der Waals surface area (Å²) in [5.74, 6) is -1.07. The predicted molar refractivity (Wildman–Crippen MR) is 66.4 cm³/mol. The first-order chi connectivity index (χ1) is 9.11. The van der Waals surface area contributed by atoms with E-state index < -0.39 is 17.6 Å². The molecule has 0 aliphatic heterocycles. The lowest BCUT2D eigenvalue weighted by Gasteiger charge is -2.13. The van der Waals surface area contributed by atoms with E-state index in [0.29, 0.717) is 23.4 Å². The zero-order valence-corrected chi connectivity index (χ0v) is 10.4. The largest absolute Gasteiger partial charge is 0.369 e. The van der Waals surface area contributed by atoms with Crippen LogP contribution in [0.25, 0.3) is 11.4 Å². The number of halogens is 1. The number of H-pyrrole nitrogens is 1. The summed E-state index contributed by atoms with van der Waals surface area (Å²) in [5, 5.41) is 13.2. The highest BCUT2D eigenvalue weighted by Crippen LogP contribution is 2.26. The lowest BCUT2D eigenvalue weighted by Crippen LogP contribution is -2.21. The minimum Gasteiger partial charge on any atom is -0.369 e. The Balaban J connectivity index is 2.43. The van der Waals surface area contributed by atoms with Gasteiger partial charge in [-0.1, -0.05) is 13.3 Å². The van der Waals surface area contributed by atoms with Gasteiger partial charge in [0.05, 0.1) is 5.92 Å². The number of nitrogens with two attached hydrogens (primary N) is 1. The van der Waals surface area contributed by atoms with Gasteiger partial charge in [0.15, 0.2) is 5.82 Å². The molecule has 19 heavy (non-hydrogen) atoms. The molecule has 7 heteroatoms. The van der Waals surface area contributed by atoms with E-state index in [2.05, 4.69) is 20.6 Å². The lowest BCUT2D eigenvalue weighted by atomic mass is 9.92. The molecule has 0 bridgehead atoms. The van der Waals surface area contributed by atoms with Crippen molar-refractivity contribution in [2.45, 2.75) is 25.7 Å². The minimum absolute atomic E-state index is 0.348. The van der Waals surface area contributed by atoms with Crippen LogP contribution < -0.4 is 5.73 Å². The number of benzene rings is 1. The summed E-state index contributed by atoms with van der Waals surface area (Å²) in [4.78, 5) is 11.5. The Morgan fingerprint density at radius 2 is 2.26 bits per heavy atom. The molecule has 0 spiro atoms. The molecule has 0 radical (unpaired) electrons. The van der Waals surface area contributed by atoms with Crippen LogP contribution in [0.2, 0.25) is 0 Å². The van der Waals surface area contributed by atoms with Gasteiger partial charge in [0.2, 0.25) is 5.91 Å². The third-order valence-electron chi connectivity index (χ3n) is 2.86. The maximum atomic E-state index is 13.6. The molecule has 1 atom stereocenters. The number of aromatic amines is 1. The highest BCUT2D eigenvalue weighted by molar-refractivity contribution is 5.82. The molecular formula is C12H14FN5O. The first-order valence-electron chi connectivity index (χ1n) is 5.95. The summed E-state index contributed by atoms with van der Waals surface area (Å²) in [6.07, 6.45) is 1.36. The molecule has 2 rings (SSSR count). The zero-order chi connectivity index (χ0) is 13.8. The summed E-state index contributed by atoms with van der Waals surface area (Å²) in [5.41, 5.74) is 6.39. The predicted octanol–water partition coefficient (Wildman–Crippen LogP) is 1.37. The first kappa shape index (κ1) is 13.1. The first-order valence-corrected chi connectivity index (χ1v) is 5.95. The highest BCUT2D eigenvalue weighted by atomic mass is 19.1. The number of rotatable bonds is 5. The molecule has 1 aromatic heterocycles. The molecular weight excluding hydrogens is 249 g/mol. The van der Waals surface area contributed by atoms with E-state index in [4.69, 9.17) is 5.73 Å². The molecule has 1 aromatic carbocycles. The number of carbonyl (C=O) groups excluding carboxylic acids is 1. The molecule has 0 fully saturated rings. The molecule has 6 nitrogen and oxygen atoms in total. The molecule has 100 valence electrons. The number of aromatic nitrogens is 4. The van der Waals surface area contributed by atoms with Crippen LogP contribution in [-0.2, 0) is 4.79 Å². The maximum Gasteiger partial charge on any atom is 0.224 e. The van der Waals surface area contributed by atoms with Crippen LogP contribution >= 0.6 is 0 Å². The van der Waals surface area contributed by atoms with Crippen molar-refractivity contribution in [2.24, 2.45) is 5.73 Å². The van der Waals surface area contributed by atoms with Crippen LogP contribution in [0.4, 0.5) is 4.39 Å². The van der Waals surface area contributed by atoms with E-state index in [0.717, 1.165) is 6.42 Å². The van der Waals surface area contributed by atoms with Gasteiger partial charge in [-0.2, -0.15) is 0 Å². The molecule has 2 aromatic rings. The van der Waals surface area contributed by atoms with E-state index >= 15 is 0 Å². The quantitative estimate of drug-likeness (QED) is 0.851. The van der Waals surface area contributed by atoms with E-state index in [1.54, 1.807) is 6.07 Å². The monoisotopic (exact) mass is 263 g/mol. The zero-order valence-electron chi connectivity index (χ0n) is 10.4. The number of hydrogen-bond donors (Lipinski definition) is 2. The summed E-state index contributed by atoms with van der Waals surface area (Å²) in [6.45, 7) is 1.94. The number of nitrogens with zero attached hydrogens (tertiary/aromatic N) is 3. The third-order valence-corrected chi connectivity index (χ3v) is 2.86. The molecule has 3 N–H and O–H groups in total. The van der Waals surface area contributed by atoms with Gasteiger partial charge in [0.25, 0.3) is 0 Å². The molecule has 1 heterocycles. The molecule has 0 saturated heterocycles. The lowest BCUT2D eigenvalue weighted by molar-refractivity contribution is -0.119. The van der Waals surface area contributed by atoms with E-state index in [1.807, 2.05) is 6.92 Å². The summed E-state index contributed by atoms with van der Waals surface area (Å²) >= 11 is 0. The van der Waals surface area contributed by atoms with Gasteiger partial charge >= 0.3 is 0 Å². The van der Waals surface area contributed by atoms with E-state index in [9.17, 15) is 9.18 Å². The van der Waals surface area contributed by atoms with Gasteiger partial charge in [-0.15, -0.1) is 5.10 Å². The van der Waals surface area contributed by atoms with Crippen LogP contribution in [-0.4, -0.2) is 26.5 Å². The molecule has 0 aliphatic carbocycles. The van der Waals surface area contributed by atoms with E-state index in [1.165, 1.54) is 12.1 Å². The minimum atomic E-state index is -0.504. The summed E-state index contributed by atoms with van der Waals surface area (Å²) < 4.78 is 13.6. The van der Waals surface area contributed by atoms with Crippen LogP contribution in [0.1, 0.15) is 31.2 Å². The van der Waals surface area contributed by atoms with Crippen molar-refractivity contribution in [3.8, 4) is 11.4 Å². The number of tetrazole rings is 1. The van der Waals surface area contributed by atoms with Crippen molar-refractivity contribution >= 4 is 5.91 Å². The van der Waals surface area contributed by atoms with Crippen molar-refractivity contribution < 1.29 is 9.18 Å². The fraction of sp³-hybridized carbons (Fsp3) is 0.333. The second-order valence-corrected chi connectivity index (χ2v) is 4.27. The van der Waals surface area contributed by atoms with Gasteiger partial charge in [-0.25, -0.2) is 9.49 Å². The Bertz CT molecular complexity index is 570. The fourth-order valence-electron chi connectivity index (χ4n) is 1.99. The summed E-state index contributed by atoms with van der Waals surface area (Å²) in [7, 11) is 0. The number of amides is 1. The Morgan fingerprint density at radius 1 is 1.47 bits per heavy atom. The molecule has 1 amide bonds. The summed E-state index contributed by atoms with van der Waals surface area (Å²) in [6, 6.07) is 4.30. The third kappa shape index (κ3) is 2.93. The second kappa shape index (κ2) is 5.55. The van der Waals surface area contributed by atoms with Crippen LogP contribution in [0.15, 0.2) is 18.2 Å². The Labute approximate surface area is 109 Å². The van der Waals surface area contributed by atoms with Gasteiger partial charge in [-0.05, 0) is 40.6 Å². The number of carbonyl (C=O) groups is 1. The topological polar surface area (TPSA) is 97.6 Å². The SMILES string of the molecule is CCCC(C(N)=O)c1cc(F)cc(-c2nnn[nH]2)c1. The number of hydrogen-bond acceptors (Lipinski definition) is 4. The van der Waals surface area contributed by atoms with Gasteiger partial charge in [0, 0.05) is 5.56 Å². The number of primary amides is 1. The highest BCUT2D eigenvalue weighted by Gasteiger charge is 2.19. The van der Waals surface area contributed by atoms with Gasteiger partial charge < -0.3 is 5.73 Å². The fourth-order valence-corrected chi connectivity index (χ4v) is 1.99. The average Bonchev–Trinajstić information content (AvgIpc) is 2.88. The van der Waals surface area contributed by atoms with Crippen LogP contribution in [0, 0.1) is 5.82 Å². The van der Waals surface area contributed by atoms with Crippen molar-refractivity contribution in [1.29, 1.82) is 0 Å². The van der Waals surface area contributed by atoms with Gasteiger partial charge in [-0.3, -0.25) is 4.79 Å².